The van der Waals surface area contributed by atoms with E-state index < -0.39 is 15.4 Å². The molecule has 0 bridgehead atoms. The van der Waals surface area contributed by atoms with Crippen molar-refractivity contribution in [1.29, 1.82) is 0 Å². The first-order valence-electron chi connectivity index (χ1n) is 8.32. The van der Waals surface area contributed by atoms with Crippen LogP contribution in [0.3, 0.4) is 0 Å². The van der Waals surface area contributed by atoms with Crippen LogP contribution in [0.15, 0.2) is 66.2 Å². The van der Waals surface area contributed by atoms with Gasteiger partial charge in [0.2, 0.25) is 0 Å². The van der Waals surface area contributed by atoms with E-state index in [1.807, 2.05) is 30.3 Å². The van der Waals surface area contributed by atoms with Crippen LogP contribution >= 0.6 is 0 Å². The molecule has 3 rings (SSSR count). The zero-order valence-corrected chi connectivity index (χ0v) is 15.0. The van der Waals surface area contributed by atoms with E-state index in [2.05, 4.69) is 23.8 Å². The van der Waals surface area contributed by atoms with Gasteiger partial charge in [-0.25, -0.2) is 8.42 Å². The van der Waals surface area contributed by atoms with Crippen molar-refractivity contribution in [3.05, 3.63) is 61.2 Å². The summed E-state index contributed by atoms with van der Waals surface area (Å²) in [5.74, 6) is 1.12. The third-order valence-electron chi connectivity index (χ3n) is 4.70. The Kier molecular flexibility index (Phi) is 4.81. The molecular weight excluding hydrogens is 334 g/mol. The highest BCUT2D eigenvalue weighted by Crippen LogP contribution is 2.37. The van der Waals surface area contributed by atoms with E-state index in [0.717, 1.165) is 22.8 Å². The lowest BCUT2D eigenvalue weighted by Crippen LogP contribution is -2.56. The lowest BCUT2D eigenvalue weighted by atomic mass is 9.87. The number of hydrogen-bond donors (Lipinski definition) is 2. The highest BCUT2D eigenvalue weighted by molar-refractivity contribution is 7.91. The summed E-state index contributed by atoms with van der Waals surface area (Å²) in [6.45, 7) is 7.98. The fraction of sp³-hybridized carbons (Fsp3) is 0.316. The van der Waals surface area contributed by atoms with Crippen molar-refractivity contribution < 1.29 is 8.42 Å². The average molecular weight is 357 g/mol. The Morgan fingerprint density at radius 3 is 2.52 bits per heavy atom. The Morgan fingerprint density at radius 2 is 1.88 bits per heavy atom. The van der Waals surface area contributed by atoms with Crippen molar-refractivity contribution in [2.45, 2.75) is 18.4 Å². The number of anilines is 2. The van der Waals surface area contributed by atoms with Crippen LogP contribution in [-0.2, 0) is 9.84 Å². The molecule has 1 spiro atoms. The van der Waals surface area contributed by atoms with Gasteiger partial charge in [0, 0.05) is 0 Å². The predicted molar refractivity (Wildman–Crippen MR) is 105 cm³/mol. The van der Waals surface area contributed by atoms with Gasteiger partial charge in [-0.15, -0.1) is 0 Å². The molecule has 25 heavy (non-hydrogen) atoms. The number of allylic oxidation sites excluding steroid dienone is 2. The van der Waals surface area contributed by atoms with E-state index in [4.69, 9.17) is 4.99 Å². The molecule has 0 aliphatic carbocycles. The van der Waals surface area contributed by atoms with E-state index in [0.29, 0.717) is 19.4 Å². The Balaban J connectivity index is 1.96. The molecule has 2 aliphatic heterocycles. The number of para-hydroxylation sites is 2. The van der Waals surface area contributed by atoms with Crippen molar-refractivity contribution in [2.75, 3.05) is 28.7 Å². The lowest BCUT2D eigenvalue weighted by Gasteiger charge is -2.43. The number of sulfone groups is 1. The van der Waals surface area contributed by atoms with Gasteiger partial charge < -0.3 is 10.6 Å². The van der Waals surface area contributed by atoms with Crippen molar-refractivity contribution in [2.24, 2.45) is 4.99 Å². The molecular formula is C19H23N3O2S. The number of nitrogens with zero attached hydrogens (tertiary/aromatic N) is 1. The van der Waals surface area contributed by atoms with Gasteiger partial charge >= 0.3 is 0 Å². The highest BCUT2D eigenvalue weighted by Gasteiger charge is 2.44. The zero-order valence-electron chi connectivity index (χ0n) is 14.2. The maximum Gasteiger partial charge on any atom is 0.150 e. The molecule has 0 amide bonds. The van der Waals surface area contributed by atoms with Gasteiger partial charge in [0.05, 0.1) is 35.0 Å². The molecule has 0 radical (unpaired) electrons. The summed E-state index contributed by atoms with van der Waals surface area (Å²) in [4.78, 5) is 4.76. The van der Waals surface area contributed by atoms with Gasteiger partial charge in [-0.1, -0.05) is 43.5 Å². The van der Waals surface area contributed by atoms with Crippen LogP contribution in [0.4, 0.5) is 11.4 Å². The number of nitrogens with one attached hydrogen (secondary N) is 2. The molecule has 2 heterocycles. The third-order valence-corrected chi connectivity index (χ3v) is 6.35. The second-order valence-electron chi connectivity index (χ2n) is 6.38. The maximum absolute atomic E-state index is 11.9. The second kappa shape index (κ2) is 6.88. The first-order chi connectivity index (χ1) is 12.0. The zero-order chi connectivity index (χ0) is 17.9. The second-order valence-corrected chi connectivity index (χ2v) is 8.68. The molecule has 0 unspecified atom stereocenters. The van der Waals surface area contributed by atoms with Gasteiger partial charge in [-0.05, 0) is 30.5 Å². The monoisotopic (exact) mass is 357 g/mol. The highest BCUT2D eigenvalue weighted by atomic mass is 32.2. The van der Waals surface area contributed by atoms with Crippen LogP contribution < -0.4 is 10.6 Å². The molecule has 2 aliphatic rings. The van der Waals surface area contributed by atoms with E-state index in [1.54, 1.807) is 12.2 Å². The van der Waals surface area contributed by atoms with Crippen molar-refractivity contribution in [1.82, 2.24) is 0 Å². The van der Waals surface area contributed by atoms with Crippen molar-refractivity contribution in [3.63, 3.8) is 0 Å². The van der Waals surface area contributed by atoms with E-state index in [1.165, 1.54) is 0 Å². The van der Waals surface area contributed by atoms with Crippen LogP contribution in [0.2, 0.25) is 0 Å². The van der Waals surface area contributed by atoms with Gasteiger partial charge in [0.25, 0.3) is 0 Å². The number of aliphatic imine (C=N–C) groups is 1. The number of amidine groups is 1. The van der Waals surface area contributed by atoms with E-state index in [-0.39, 0.29) is 11.5 Å². The quantitative estimate of drug-likeness (QED) is 0.812. The molecule has 1 aromatic rings. The fourth-order valence-electron chi connectivity index (χ4n) is 3.21. The summed E-state index contributed by atoms with van der Waals surface area (Å²) < 4.78 is 23.8. The Hall–Kier alpha value is -2.34. The van der Waals surface area contributed by atoms with Crippen LogP contribution in [0, 0.1) is 0 Å². The van der Waals surface area contributed by atoms with E-state index in [9.17, 15) is 8.42 Å². The smallest absolute Gasteiger partial charge is 0.150 e. The van der Waals surface area contributed by atoms with Gasteiger partial charge in [-0.2, -0.15) is 0 Å². The number of fused-ring (bicyclic) bond motifs is 1. The summed E-state index contributed by atoms with van der Waals surface area (Å²) in [7, 11) is -2.97. The molecule has 0 saturated carbocycles. The van der Waals surface area contributed by atoms with Gasteiger partial charge in [-0.3, -0.25) is 4.99 Å². The minimum Gasteiger partial charge on any atom is -0.371 e. The summed E-state index contributed by atoms with van der Waals surface area (Å²) >= 11 is 0. The van der Waals surface area contributed by atoms with Gasteiger partial charge in [0.15, 0.2) is 9.84 Å². The fourth-order valence-corrected chi connectivity index (χ4v) is 4.73. The SMILES string of the molecule is C=C/C=C(\C=C)CN=C1Nc2ccccc2NC12CCS(=O)(=O)CC2. The van der Waals surface area contributed by atoms with Crippen LogP contribution in [0.1, 0.15) is 12.8 Å². The van der Waals surface area contributed by atoms with E-state index >= 15 is 0 Å². The van der Waals surface area contributed by atoms with Gasteiger partial charge in [0.1, 0.15) is 5.84 Å². The number of hydrogen-bond acceptors (Lipinski definition) is 4. The van der Waals surface area contributed by atoms with Crippen LogP contribution in [0.25, 0.3) is 0 Å². The molecule has 6 heteroatoms. The minimum absolute atomic E-state index is 0.166. The summed E-state index contributed by atoms with van der Waals surface area (Å²) in [5, 5.41) is 6.96. The largest absolute Gasteiger partial charge is 0.371 e. The maximum atomic E-state index is 11.9. The first-order valence-corrected chi connectivity index (χ1v) is 10.1. The first kappa shape index (κ1) is 17.5. The Bertz CT molecular complexity index is 839. The predicted octanol–water partition coefficient (Wildman–Crippen LogP) is 3.17. The molecule has 2 N–H and O–H groups in total. The summed E-state index contributed by atoms with van der Waals surface area (Å²) in [5.41, 5.74) is 2.42. The molecule has 0 atom stereocenters. The van der Waals surface area contributed by atoms with Crippen molar-refractivity contribution in [3.8, 4) is 0 Å². The number of benzene rings is 1. The molecule has 1 fully saturated rings. The van der Waals surface area contributed by atoms with Crippen LogP contribution in [0.5, 0.6) is 0 Å². The topological polar surface area (TPSA) is 70.6 Å². The summed E-state index contributed by atoms with van der Waals surface area (Å²) in [6, 6.07) is 7.90. The molecule has 1 aromatic carbocycles. The summed E-state index contributed by atoms with van der Waals surface area (Å²) in [6.07, 6.45) is 6.35. The van der Waals surface area contributed by atoms with Crippen molar-refractivity contribution >= 4 is 27.0 Å². The minimum atomic E-state index is -2.97. The third kappa shape index (κ3) is 3.69. The normalized spacial score (nSPS) is 22.6. The molecule has 5 nitrogen and oxygen atoms in total. The molecule has 0 aromatic heterocycles. The molecule has 132 valence electrons. The Morgan fingerprint density at radius 1 is 1.20 bits per heavy atom. The average Bonchev–Trinajstić information content (AvgIpc) is 2.61. The Labute approximate surface area is 149 Å². The molecule has 1 saturated heterocycles. The number of rotatable bonds is 4. The van der Waals surface area contributed by atoms with Crippen LogP contribution in [-0.4, -0.2) is 37.8 Å². The standard InChI is InChI=1S/C19H23N3O2S/c1-3-7-15(4-2)14-20-18-19(10-12-25(23,24)13-11-19)22-17-9-6-5-8-16(17)21-18/h3-9,22H,1-2,10-14H2,(H,20,21)/b15-7+. The lowest BCUT2D eigenvalue weighted by molar-refractivity contribution is 0.515.